The van der Waals surface area contributed by atoms with Crippen molar-refractivity contribution in [1.29, 1.82) is 0 Å². The van der Waals surface area contributed by atoms with Gasteiger partial charge in [0.15, 0.2) is 34.8 Å². The molecule has 30 heavy (non-hydrogen) atoms. The van der Waals surface area contributed by atoms with Crippen LogP contribution in [0, 0.1) is 0 Å². The van der Waals surface area contributed by atoms with E-state index in [1.54, 1.807) is 32.6 Å². The van der Waals surface area contributed by atoms with Gasteiger partial charge in [0, 0.05) is 12.7 Å². The van der Waals surface area contributed by atoms with Crippen molar-refractivity contribution in [3.63, 3.8) is 0 Å². The molecule has 0 unspecified atom stereocenters. The van der Waals surface area contributed by atoms with Crippen LogP contribution in [0.3, 0.4) is 0 Å². The van der Waals surface area contributed by atoms with Crippen LogP contribution < -0.4 is 15.2 Å². The highest BCUT2D eigenvalue weighted by Gasteiger charge is 2.28. The average molecular weight is 424 g/mol. The number of hydrogen-bond acceptors (Lipinski definition) is 7. The molecular formula is C20H20N6O3S. The number of thioether (sulfide) groups is 1. The van der Waals surface area contributed by atoms with Gasteiger partial charge in [0.25, 0.3) is 11.5 Å². The molecule has 10 heteroatoms. The number of allylic oxidation sites excluding steroid dienone is 2. The van der Waals surface area contributed by atoms with Crippen molar-refractivity contribution >= 4 is 34.5 Å². The number of hydrogen-bond donors (Lipinski definition) is 0. The van der Waals surface area contributed by atoms with E-state index in [2.05, 4.69) is 16.0 Å². The summed E-state index contributed by atoms with van der Waals surface area (Å²) in [6, 6.07) is 3.58. The molecule has 0 N–H and O–H groups in total. The number of nitrogens with zero attached hydrogens (tertiary/aromatic N) is 6. The highest BCUT2D eigenvalue weighted by Crippen LogP contribution is 2.32. The maximum atomic E-state index is 13.1. The van der Waals surface area contributed by atoms with Crippen molar-refractivity contribution < 1.29 is 9.53 Å². The first-order chi connectivity index (χ1) is 14.7. The van der Waals surface area contributed by atoms with Crippen LogP contribution in [-0.2, 0) is 11.3 Å². The van der Waals surface area contributed by atoms with Gasteiger partial charge in [-0.1, -0.05) is 23.9 Å². The number of amides is 1. The van der Waals surface area contributed by atoms with Crippen molar-refractivity contribution in [2.24, 2.45) is 0 Å². The highest BCUT2D eigenvalue weighted by molar-refractivity contribution is 7.98. The number of ether oxygens (including phenoxy) is 1. The molecule has 0 aliphatic carbocycles. The van der Waals surface area contributed by atoms with Gasteiger partial charge in [0.1, 0.15) is 5.39 Å². The van der Waals surface area contributed by atoms with Crippen LogP contribution in [0.4, 0.5) is 5.82 Å². The molecule has 3 aromatic rings. The van der Waals surface area contributed by atoms with Crippen molar-refractivity contribution in [1.82, 2.24) is 24.3 Å². The molecule has 0 saturated carbocycles. The molecule has 3 aromatic heterocycles. The number of anilines is 1. The summed E-state index contributed by atoms with van der Waals surface area (Å²) < 4.78 is 8.90. The van der Waals surface area contributed by atoms with Gasteiger partial charge in [-0.05, 0) is 37.7 Å². The third kappa shape index (κ3) is 3.07. The fourth-order valence-electron chi connectivity index (χ4n) is 3.75. The molecule has 0 spiro atoms. The summed E-state index contributed by atoms with van der Waals surface area (Å²) in [5.41, 5.74) is 0.311. The van der Waals surface area contributed by atoms with Gasteiger partial charge in [-0.3, -0.25) is 14.5 Å². The predicted molar refractivity (Wildman–Crippen MR) is 114 cm³/mol. The van der Waals surface area contributed by atoms with Crippen LogP contribution in [0.1, 0.15) is 19.3 Å². The lowest BCUT2D eigenvalue weighted by atomic mass is 10.2. The third-order valence-electron chi connectivity index (χ3n) is 5.23. The summed E-state index contributed by atoms with van der Waals surface area (Å²) in [7, 11) is 0. The van der Waals surface area contributed by atoms with Crippen LogP contribution in [0.15, 0.2) is 40.4 Å². The molecule has 2 bridgehead atoms. The Balaban J connectivity index is 1.79. The average Bonchev–Trinajstić information content (AvgIpc) is 3.05. The minimum atomic E-state index is -0.180. The van der Waals surface area contributed by atoms with Crippen LogP contribution >= 0.6 is 11.8 Å². The van der Waals surface area contributed by atoms with Gasteiger partial charge < -0.3 is 4.74 Å². The van der Waals surface area contributed by atoms with Gasteiger partial charge in [-0.15, -0.1) is 0 Å². The van der Waals surface area contributed by atoms with E-state index in [4.69, 9.17) is 9.72 Å². The Morgan fingerprint density at radius 2 is 2.03 bits per heavy atom. The standard InChI is InChI=1S/C20H20N6O3S/c1-30-20-21-11-13-17(23-20)26-15-8-7-14-18(22-15)24(16(27)12-29-14)9-5-3-2-4-6-10-25(26)19(13)28/h4,6-8,11H,2-3,5,9-10,12H2,1H3/b6-4+. The third-order valence-corrected chi connectivity index (χ3v) is 5.79. The van der Waals surface area contributed by atoms with Gasteiger partial charge in [-0.25, -0.2) is 24.3 Å². The fourth-order valence-corrected chi connectivity index (χ4v) is 4.08. The normalized spacial score (nSPS) is 17.5. The number of aromatic nitrogens is 5. The van der Waals surface area contributed by atoms with Crippen molar-refractivity contribution in [2.45, 2.75) is 31.0 Å². The second-order valence-electron chi connectivity index (χ2n) is 7.09. The quantitative estimate of drug-likeness (QED) is 0.336. The maximum absolute atomic E-state index is 13.1. The summed E-state index contributed by atoms with van der Waals surface area (Å²) in [5.74, 6) is 1.44. The molecule has 2 aliphatic heterocycles. The van der Waals surface area contributed by atoms with E-state index in [0.717, 1.165) is 19.3 Å². The highest BCUT2D eigenvalue weighted by atomic mass is 32.2. The monoisotopic (exact) mass is 424 g/mol. The summed E-state index contributed by atoms with van der Waals surface area (Å²) in [6.07, 6.45) is 10.2. The first-order valence-electron chi connectivity index (χ1n) is 9.79. The van der Waals surface area contributed by atoms with Gasteiger partial charge in [-0.2, -0.15) is 0 Å². The predicted octanol–water partition coefficient (Wildman–Crippen LogP) is 2.16. The molecule has 2 aliphatic rings. The molecule has 5 rings (SSSR count). The Bertz CT molecular complexity index is 1230. The van der Waals surface area contributed by atoms with Crippen molar-refractivity contribution in [3.8, 4) is 11.6 Å². The van der Waals surface area contributed by atoms with E-state index in [-0.39, 0.29) is 18.1 Å². The van der Waals surface area contributed by atoms with Crippen molar-refractivity contribution in [2.75, 3.05) is 24.3 Å². The van der Waals surface area contributed by atoms with Gasteiger partial charge >= 0.3 is 0 Å². The van der Waals surface area contributed by atoms with Crippen LogP contribution in [0.2, 0.25) is 0 Å². The molecule has 1 amide bonds. The number of carbonyl (C=O) groups excluding carboxylic acids is 1. The molecule has 0 saturated heterocycles. The maximum Gasteiger partial charge on any atom is 0.278 e. The fraction of sp³-hybridized carbons (Fsp3) is 0.350. The SMILES string of the molecule is CSc1ncc2c(=O)n3n(c2n1)-c1ccc2c(n1)N(CCCC/C=C/C3)C(=O)CO2. The lowest BCUT2D eigenvalue weighted by Crippen LogP contribution is -2.40. The van der Waals surface area contributed by atoms with Crippen LogP contribution in [0.25, 0.3) is 16.9 Å². The van der Waals surface area contributed by atoms with E-state index in [9.17, 15) is 9.59 Å². The smallest absolute Gasteiger partial charge is 0.278 e. The van der Waals surface area contributed by atoms with E-state index in [1.165, 1.54) is 11.8 Å². The van der Waals surface area contributed by atoms with E-state index in [0.29, 0.717) is 46.7 Å². The zero-order valence-electron chi connectivity index (χ0n) is 16.4. The summed E-state index contributed by atoms with van der Waals surface area (Å²) in [6.45, 7) is 0.981. The van der Waals surface area contributed by atoms with Crippen LogP contribution in [-0.4, -0.2) is 49.6 Å². The molecule has 5 heterocycles. The molecule has 154 valence electrons. The Kier molecular flexibility index (Phi) is 4.78. The zero-order chi connectivity index (χ0) is 20.7. The lowest BCUT2D eigenvalue weighted by Gasteiger charge is -2.28. The first-order valence-corrected chi connectivity index (χ1v) is 11.0. The number of fused-ring (bicyclic) bond motifs is 5. The molecule has 0 fully saturated rings. The Morgan fingerprint density at radius 1 is 1.13 bits per heavy atom. The number of carbonyl (C=O) groups is 1. The minimum absolute atomic E-state index is 0.00932. The molecule has 0 aromatic carbocycles. The Morgan fingerprint density at radius 3 is 2.90 bits per heavy atom. The summed E-state index contributed by atoms with van der Waals surface area (Å²) >= 11 is 1.41. The lowest BCUT2D eigenvalue weighted by molar-refractivity contribution is -0.121. The second kappa shape index (κ2) is 7.60. The summed E-state index contributed by atoms with van der Waals surface area (Å²) in [4.78, 5) is 40.9. The van der Waals surface area contributed by atoms with E-state index in [1.807, 2.05) is 12.3 Å². The second-order valence-corrected chi connectivity index (χ2v) is 7.86. The molecular weight excluding hydrogens is 404 g/mol. The Hall–Kier alpha value is -3.14. The van der Waals surface area contributed by atoms with Gasteiger partial charge in [0.2, 0.25) is 0 Å². The topological polar surface area (TPSA) is 95.1 Å². The van der Waals surface area contributed by atoms with Gasteiger partial charge in [0.05, 0.1) is 6.54 Å². The zero-order valence-corrected chi connectivity index (χ0v) is 17.3. The Labute approximate surface area is 176 Å². The van der Waals surface area contributed by atoms with E-state index < -0.39 is 0 Å². The molecule has 9 nitrogen and oxygen atoms in total. The summed E-state index contributed by atoms with van der Waals surface area (Å²) in [5, 5.41) is 0.997. The first kappa shape index (κ1) is 18.9. The largest absolute Gasteiger partial charge is 0.480 e. The minimum Gasteiger partial charge on any atom is -0.480 e. The molecule has 0 radical (unpaired) electrons. The van der Waals surface area contributed by atoms with E-state index >= 15 is 0 Å². The number of pyridine rings is 1. The molecule has 0 atom stereocenters. The van der Waals surface area contributed by atoms with Crippen LogP contribution in [0.5, 0.6) is 5.75 Å². The van der Waals surface area contributed by atoms with Crippen molar-refractivity contribution in [3.05, 3.63) is 40.8 Å². The number of rotatable bonds is 1.